The molecule has 3 heteroatoms. The van der Waals surface area contributed by atoms with Crippen LogP contribution >= 0.6 is 0 Å². The van der Waals surface area contributed by atoms with Gasteiger partial charge in [-0.25, -0.2) is 8.78 Å². The van der Waals surface area contributed by atoms with Crippen molar-refractivity contribution in [3.8, 4) is 0 Å². The largest absolute Gasteiger partial charge is 0.314 e. The minimum atomic E-state index is -0.368. The highest BCUT2D eigenvalue weighted by Gasteiger charge is 2.25. The molecule has 0 heterocycles. The van der Waals surface area contributed by atoms with E-state index in [1.54, 1.807) is 0 Å². The summed E-state index contributed by atoms with van der Waals surface area (Å²) >= 11 is 0. The second-order valence-corrected chi connectivity index (χ2v) is 6.01. The highest BCUT2D eigenvalue weighted by atomic mass is 19.1. The molecule has 1 unspecified atom stereocenters. The van der Waals surface area contributed by atoms with E-state index in [-0.39, 0.29) is 17.0 Å². The van der Waals surface area contributed by atoms with Crippen LogP contribution in [0.5, 0.6) is 0 Å². The standard InChI is InChI=1S/C16H25F2N/c1-5-8-16(4,11-19-12(2)3)10-13-9-14(17)6-7-15(13)18/h6-7,9,12,19H,5,8,10-11H2,1-4H3. The summed E-state index contributed by atoms with van der Waals surface area (Å²) in [6, 6.07) is 4.10. The van der Waals surface area contributed by atoms with E-state index in [1.807, 2.05) is 0 Å². The van der Waals surface area contributed by atoms with Crippen LogP contribution in [0.1, 0.15) is 46.1 Å². The van der Waals surface area contributed by atoms with E-state index >= 15 is 0 Å². The predicted octanol–water partition coefficient (Wildman–Crippen LogP) is 4.31. The van der Waals surface area contributed by atoms with Crippen molar-refractivity contribution in [3.63, 3.8) is 0 Å². The zero-order chi connectivity index (χ0) is 14.5. The lowest BCUT2D eigenvalue weighted by atomic mass is 9.79. The normalized spacial score (nSPS) is 14.7. The third-order valence-electron chi connectivity index (χ3n) is 3.42. The summed E-state index contributed by atoms with van der Waals surface area (Å²) in [5, 5.41) is 3.41. The van der Waals surface area contributed by atoms with E-state index in [0.29, 0.717) is 18.0 Å². The molecule has 1 rings (SSSR count). The fraction of sp³-hybridized carbons (Fsp3) is 0.625. The average Bonchev–Trinajstić information content (AvgIpc) is 2.32. The lowest BCUT2D eigenvalue weighted by molar-refractivity contribution is 0.264. The molecule has 0 aliphatic rings. The van der Waals surface area contributed by atoms with Crippen LogP contribution in [0.3, 0.4) is 0 Å². The highest BCUT2D eigenvalue weighted by Crippen LogP contribution is 2.29. The Hall–Kier alpha value is -0.960. The Morgan fingerprint density at radius 2 is 1.95 bits per heavy atom. The number of halogens is 2. The molecule has 0 aliphatic heterocycles. The van der Waals surface area contributed by atoms with Gasteiger partial charge in [-0.15, -0.1) is 0 Å². The smallest absolute Gasteiger partial charge is 0.126 e. The molecule has 0 saturated carbocycles. The molecule has 1 aromatic carbocycles. The van der Waals surface area contributed by atoms with Gasteiger partial charge in [-0.2, -0.15) is 0 Å². The Kier molecular flexibility index (Phi) is 5.92. The first-order valence-corrected chi connectivity index (χ1v) is 7.03. The van der Waals surface area contributed by atoms with Crippen LogP contribution in [-0.2, 0) is 6.42 Å². The molecule has 1 nitrogen and oxygen atoms in total. The van der Waals surface area contributed by atoms with Gasteiger partial charge in [-0.1, -0.05) is 34.1 Å². The van der Waals surface area contributed by atoms with Gasteiger partial charge < -0.3 is 5.32 Å². The lowest BCUT2D eigenvalue weighted by Crippen LogP contribution is -2.37. The topological polar surface area (TPSA) is 12.0 Å². The number of hydrogen-bond acceptors (Lipinski definition) is 1. The van der Waals surface area contributed by atoms with Crippen LogP contribution in [0.4, 0.5) is 8.78 Å². The molecule has 1 N–H and O–H groups in total. The van der Waals surface area contributed by atoms with Gasteiger partial charge in [0, 0.05) is 12.6 Å². The molecule has 0 aliphatic carbocycles. The molecule has 108 valence electrons. The lowest BCUT2D eigenvalue weighted by Gasteiger charge is -2.31. The van der Waals surface area contributed by atoms with Crippen molar-refractivity contribution in [1.29, 1.82) is 0 Å². The average molecular weight is 269 g/mol. The van der Waals surface area contributed by atoms with Crippen LogP contribution in [0, 0.1) is 17.0 Å². The van der Waals surface area contributed by atoms with Crippen molar-refractivity contribution in [2.75, 3.05) is 6.54 Å². The molecule has 0 fully saturated rings. The van der Waals surface area contributed by atoms with Crippen LogP contribution in [0.15, 0.2) is 18.2 Å². The van der Waals surface area contributed by atoms with Gasteiger partial charge in [0.1, 0.15) is 11.6 Å². The fourth-order valence-electron chi connectivity index (χ4n) is 2.43. The second kappa shape index (κ2) is 6.99. The predicted molar refractivity (Wildman–Crippen MR) is 76.2 cm³/mol. The van der Waals surface area contributed by atoms with Crippen molar-refractivity contribution in [1.82, 2.24) is 5.32 Å². The molecule has 1 aromatic rings. The minimum Gasteiger partial charge on any atom is -0.314 e. The van der Waals surface area contributed by atoms with Gasteiger partial charge in [0.25, 0.3) is 0 Å². The van der Waals surface area contributed by atoms with Crippen LogP contribution in [0.2, 0.25) is 0 Å². The van der Waals surface area contributed by atoms with E-state index in [4.69, 9.17) is 0 Å². The van der Waals surface area contributed by atoms with E-state index in [9.17, 15) is 8.78 Å². The SMILES string of the molecule is CCCC(C)(CNC(C)C)Cc1cc(F)ccc1F. The maximum atomic E-state index is 13.8. The maximum absolute atomic E-state index is 13.8. The summed E-state index contributed by atoms with van der Waals surface area (Å²) in [6.07, 6.45) is 2.58. The molecule has 0 aromatic heterocycles. The van der Waals surface area contributed by atoms with Gasteiger partial charge in [0.2, 0.25) is 0 Å². The first-order valence-electron chi connectivity index (χ1n) is 7.03. The first kappa shape index (κ1) is 16.1. The molecule has 0 amide bonds. The monoisotopic (exact) mass is 269 g/mol. The molecule has 19 heavy (non-hydrogen) atoms. The fourth-order valence-corrected chi connectivity index (χ4v) is 2.43. The van der Waals surface area contributed by atoms with Crippen molar-refractivity contribution in [3.05, 3.63) is 35.4 Å². The number of nitrogens with one attached hydrogen (secondary N) is 1. The molecule has 0 radical (unpaired) electrons. The summed E-state index contributed by atoms with van der Waals surface area (Å²) in [6.45, 7) is 9.25. The van der Waals surface area contributed by atoms with Crippen molar-refractivity contribution in [2.45, 2.75) is 53.0 Å². The summed E-state index contributed by atoms with van der Waals surface area (Å²) in [7, 11) is 0. The molecular weight excluding hydrogens is 244 g/mol. The Bertz CT molecular complexity index is 404. The molecule has 0 bridgehead atoms. The van der Waals surface area contributed by atoms with Crippen molar-refractivity contribution < 1.29 is 8.78 Å². The quantitative estimate of drug-likeness (QED) is 0.777. The Labute approximate surface area is 115 Å². The highest BCUT2D eigenvalue weighted by molar-refractivity contribution is 5.20. The third kappa shape index (κ3) is 5.27. The van der Waals surface area contributed by atoms with E-state index < -0.39 is 0 Å². The maximum Gasteiger partial charge on any atom is 0.126 e. The van der Waals surface area contributed by atoms with Gasteiger partial charge in [0.15, 0.2) is 0 Å². The number of benzene rings is 1. The van der Waals surface area contributed by atoms with E-state index in [2.05, 4.69) is 33.0 Å². The minimum absolute atomic E-state index is 0.0480. The molecule has 0 spiro atoms. The van der Waals surface area contributed by atoms with Crippen LogP contribution in [-0.4, -0.2) is 12.6 Å². The van der Waals surface area contributed by atoms with E-state index in [0.717, 1.165) is 19.4 Å². The first-order chi connectivity index (χ1) is 8.86. The number of hydrogen-bond donors (Lipinski definition) is 1. The molecular formula is C16H25F2N. The van der Waals surface area contributed by atoms with Gasteiger partial charge in [-0.3, -0.25) is 0 Å². The van der Waals surface area contributed by atoms with Crippen molar-refractivity contribution in [2.24, 2.45) is 5.41 Å². The number of rotatable bonds is 7. The van der Waals surface area contributed by atoms with Crippen LogP contribution < -0.4 is 5.32 Å². The second-order valence-electron chi connectivity index (χ2n) is 6.01. The van der Waals surface area contributed by atoms with E-state index in [1.165, 1.54) is 18.2 Å². The Morgan fingerprint density at radius 1 is 1.26 bits per heavy atom. The van der Waals surface area contributed by atoms with Crippen LogP contribution in [0.25, 0.3) is 0 Å². The summed E-state index contributed by atoms with van der Waals surface area (Å²) in [4.78, 5) is 0. The van der Waals surface area contributed by atoms with Crippen molar-refractivity contribution >= 4 is 0 Å². The zero-order valence-electron chi connectivity index (χ0n) is 12.4. The van der Waals surface area contributed by atoms with Gasteiger partial charge >= 0.3 is 0 Å². The third-order valence-corrected chi connectivity index (χ3v) is 3.42. The van der Waals surface area contributed by atoms with Gasteiger partial charge in [0.05, 0.1) is 0 Å². The zero-order valence-corrected chi connectivity index (χ0v) is 12.4. The Balaban J connectivity index is 2.84. The Morgan fingerprint density at radius 3 is 2.53 bits per heavy atom. The molecule has 0 saturated heterocycles. The summed E-state index contributed by atoms with van der Waals surface area (Å²) in [5.74, 6) is -0.680. The van der Waals surface area contributed by atoms with Gasteiger partial charge in [-0.05, 0) is 42.0 Å². The summed E-state index contributed by atoms with van der Waals surface area (Å²) < 4.78 is 27.0. The summed E-state index contributed by atoms with van der Waals surface area (Å²) in [5.41, 5.74) is 0.426. The molecule has 1 atom stereocenters.